The highest BCUT2D eigenvalue weighted by Crippen LogP contribution is 2.52. The fourth-order valence-corrected chi connectivity index (χ4v) is 8.02. The number of hydrogen-bond donors (Lipinski definition) is 0. The average Bonchev–Trinajstić information content (AvgIpc) is 2.66. The second-order valence-corrected chi connectivity index (χ2v) is 10.3. The quantitative estimate of drug-likeness (QED) is 0.771. The van der Waals surface area contributed by atoms with E-state index in [1.165, 1.54) is 18.2 Å². The molecular formula is C20H23NO2S2. The van der Waals surface area contributed by atoms with Crippen molar-refractivity contribution in [1.29, 1.82) is 0 Å². The lowest BCUT2D eigenvalue weighted by Gasteiger charge is -2.51. The third-order valence-corrected chi connectivity index (χ3v) is 9.20. The Bertz CT molecular complexity index is 802. The number of nitrogens with zero attached hydrogens (tertiary/aromatic N) is 1. The van der Waals surface area contributed by atoms with Crippen molar-refractivity contribution in [2.45, 2.75) is 53.7 Å². The van der Waals surface area contributed by atoms with Gasteiger partial charge in [0.05, 0.1) is 6.04 Å². The third-order valence-electron chi connectivity index (χ3n) is 5.19. The maximum Gasteiger partial charge on any atom is 0.229 e. The summed E-state index contributed by atoms with van der Waals surface area (Å²) < 4.78 is 27.7. The number of hydrogen-bond acceptors (Lipinski definition) is 3. The van der Waals surface area contributed by atoms with Gasteiger partial charge in [-0.1, -0.05) is 67.8 Å². The maximum atomic E-state index is 13.1. The monoisotopic (exact) mass is 373 g/mol. The van der Waals surface area contributed by atoms with Crippen molar-refractivity contribution in [2.24, 2.45) is 0 Å². The number of benzene rings is 2. The Hall–Kier alpha value is -1.30. The van der Waals surface area contributed by atoms with Crippen LogP contribution in [0.4, 0.5) is 0 Å². The van der Waals surface area contributed by atoms with Crippen molar-refractivity contribution in [3.63, 3.8) is 0 Å². The van der Waals surface area contributed by atoms with Gasteiger partial charge in [-0.05, 0) is 30.5 Å². The van der Waals surface area contributed by atoms with Gasteiger partial charge in [0.1, 0.15) is 4.58 Å². The molecule has 0 bridgehead atoms. The molecule has 0 N–H and O–H groups in total. The molecule has 132 valence electrons. The second-order valence-electron chi connectivity index (χ2n) is 6.82. The molecule has 0 radical (unpaired) electrons. The zero-order valence-corrected chi connectivity index (χ0v) is 15.8. The summed E-state index contributed by atoms with van der Waals surface area (Å²) in [5.74, 6) is 0. The lowest BCUT2D eigenvalue weighted by molar-refractivity contribution is 0.176. The Balaban J connectivity index is 1.67. The molecular weight excluding hydrogens is 350 g/mol. The SMILES string of the molecule is O=S1(=O)[C@H](Sc2ccccc2)[C@@H](c2ccccc2)N1C1CCCCC1. The first kappa shape index (κ1) is 17.1. The van der Waals surface area contributed by atoms with E-state index in [1.807, 2.05) is 52.8 Å². The summed E-state index contributed by atoms with van der Waals surface area (Å²) in [5, 5.41) is 0. The van der Waals surface area contributed by atoms with Crippen LogP contribution in [0.5, 0.6) is 0 Å². The molecule has 2 aromatic carbocycles. The molecule has 1 saturated heterocycles. The van der Waals surface area contributed by atoms with Crippen molar-refractivity contribution >= 4 is 21.8 Å². The Morgan fingerprint density at radius 2 is 1.44 bits per heavy atom. The van der Waals surface area contributed by atoms with E-state index in [4.69, 9.17) is 0 Å². The van der Waals surface area contributed by atoms with E-state index in [0.29, 0.717) is 0 Å². The molecule has 2 atom stereocenters. The summed E-state index contributed by atoms with van der Waals surface area (Å²) in [6.45, 7) is 0. The van der Waals surface area contributed by atoms with Crippen molar-refractivity contribution in [3.8, 4) is 0 Å². The summed E-state index contributed by atoms with van der Waals surface area (Å²) in [6, 6.07) is 20.1. The van der Waals surface area contributed by atoms with Crippen molar-refractivity contribution in [1.82, 2.24) is 4.31 Å². The fourth-order valence-electron chi connectivity index (χ4n) is 3.98. The first-order valence-corrected chi connectivity index (χ1v) is 11.4. The lowest BCUT2D eigenvalue weighted by Crippen LogP contribution is -2.60. The van der Waals surface area contributed by atoms with E-state index in [9.17, 15) is 8.42 Å². The Labute approximate surface area is 154 Å². The first-order chi connectivity index (χ1) is 12.2. The van der Waals surface area contributed by atoms with E-state index >= 15 is 0 Å². The predicted octanol–water partition coefficient (Wildman–Crippen LogP) is 4.82. The topological polar surface area (TPSA) is 37.4 Å². The van der Waals surface area contributed by atoms with Gasteiger partial charge in [0.2, 0.25) is 10.0 Å². The van der Waals surface area contributed by atoms with Gasteiger partial charge in [-0.15, -0.1) is 11.8 Å². The smallest absolute Gasteiger partial charge is 0.211 e. The highest BCUT2D eigenvalue weighted by Gasteiger charge is 2.57. The molecule has 1 heterocycles. The Kier molecular flexibility index (Phi) is 4.89. The molecule has 25 heavy (non-hydrogen) atoms. The molecule has 4 rings (SSSR count). The van der Waals surface area contributed by atoms with Gasteiger partial charge in [-0.2, -0.15) is 4.31 Å². The fraction of sp³-hybridized carbons (Fsp3) is 0.400. The van der Waals surface area contributed by atoms with Crippen LogP contribution in [0.3, 0.4) is 0 Å². The van der Waals surface area contributed by atoms with Gasteiger partial charge in [-0.3, -0.25) is 0 Å². The van der Waals surface area contributed by atoms with Crippen molar-refractivity contribution in [3.05, 3.63) is 66.2 Å². The van der Waals surface area contributed by atoms with E-state index in [0.717, 1.165) is 36.1 Å². The number of rotatable bonds is 4. The summed E-state index contributed by atoms with van der Waals surface area (Å²) in [5.41, 5.74) is 1.11. The number of thioether (sulfide) groups is 1. The summed E-state index contributed by atoms with van der Waals surface area (Å²) in [4.78, 5) is 1.01. The van der Waals surface area contributed by atoms with E-state index < -0.39 is 14.6 Å². The Morgan fingerprint density at radius 3 is 2.08 bits per heavy atom. The van der Waals surface area contributed by atoms with Crippen LogP contribution in [0.1, 0.15) is 43.7 Å². The second kappa shape index (κ2) is 7.14. The predicted molar refractivity (Wildman–Crippen MR) is 103 cm³/mol. The largest absolute Gasteiger partial charge is 0.229 e. The summed E-state index contributed by atoms with van der Waals surface area (Å²) in [6.07, 6.45) is 5.47. The molecule has 3 nitrogen and oxygen atoms in total. The minimum atomic E-state index is -3.26. The van der Waals surface area contributed by atoms with Crippen LogP contribution in [0.2, 0.25) is 0 Å². The van der Waals surface area contributed by atoms with Gasteiger partial charge in [0.25, 0.3) is 0 Å². The van der Waals surface area contributed by atoms with Gasteiger partial charge in [0.15, 0.2) is 0 Å². The molecule has 0 aromatic heterocycles. The van der Waals surface area contributed by atoms with Crippen LogP contribution in [-0.4, -0.2) is 23.3 Å². The molecule has 0 unspecified atom stereocenters. The lowest BCUT2D eigenvalue weighted by atomic mass is 9.94. The molecule has 1 saturated carbocycles. The summed E-state index contributed by atoms with van der Waals surface area (Å²) >= 11 is 1.48. The molecule has 2 aliphatic rings. The molecule has 0 spiro atoms. The molecule has 5 heteroatoms. The van der Waals surface area contributed by atoms with Crippen LogP contribution in [0.25, 0.3) is 0 Å². The molecule has 1 aliphatic carbocycles. The third kappa shape index (κ3) is 3.25. The average molecular weight is 374 g/mol. The standard InChI is InChI=1S/C20H23NO2S2/c22-25(23)20(24-18-14-8-3-9-15-18)19(16-10-4-1-5-11-16)21(25)17-12-6-2-7-13-17/h1,3-5,8-11,14-15,17,19-20H,2,6-7,12-13H2/t19-,20+/m1/s1. The van der Waals surface area contributed by atoms with Crippen LogP contribution >= 0.6 is 11.8 Å². The maximum absolute atomic E-state index is 13.1. The highest BCUT2D eigenvalue weighted by molar-refractivity contribution is 8.13. The van der Waals surface area contributed by atoms with Gasteiger partial charge >= 0.3 is 0 Å². The van der Waals surface area contributed by atoms with E-state index in [2.05, 4.69) is 12.1 Å². The van der Waals surface area contributed by atoms with Crippen molar-refractivity contribution in [2.75, 3.05) is 0 Å². The zero-order valence-electron chi connectivity index (χ0n) is 14.1. The van der Waals surface area contributed by atoms with Gasteiger partial charge in [-0.25, -0.2) is 8.42 Å². The first-order valence-electron chi connectivity index (χ1n) is 8.97. The molecule has 2 fully saturated rings. The van der Waals surface area contributed by atoms with Crippen molar-refractivity contribution < 1.29 is 8.42 Å². The number of sulfonamides is 1. The van der Waals surface area contributed by atoms with Crippen LogP contribution in [0, 0.1) is 0 Å². The minimum absolute atomic E-state index is 0.0560. The Morgan fingerprint density at radius 1 is 0.840 bits per heavy atom. The van der Waals surface area contributed by atoms with Gasteiger partial charge < -0.3 is 0 Å². The highest BCUT2D eigenvalue weighted by atomic mass is 32.3. The normalized spacial score (nSPS) is 26.9. The van der Waals surface area contributed by atoms with E-state index in [1.54, 1.807) is 0 Å². The molecule has 1 aliphatic heterocycles. The van der Waals surface area contributed by atoms with Crippen LogP contribution < -0.4 is 0 Å². The molecule has 0 amide bonds. The van der Waals surface area contributed by atoms with Crippen LogP contribution in [0.15, 0.2) is 65.6 Å². The summed E-state index contributed by atoms with van der Waals surface area (Å²) in [7, 11) is -3.26. The molecule has 2 aromatic rings. The van der Waals surface area contributed by atoms with Gasteiger partial charge in [0, 0.05) is 10.9 Å². The minimum Gasteiger partial charge on any atom is -0.211 e. The van der Waals surface area contributed by atoms with E-state index in [-0.39, 0.29) is 12.1 Å². The van der Waals surface area contributed by atoms with Crippen LogP contribution in [-0.2, 0) is 10.0 Å². The zero-order chi connectivity index (χ0) is 17.3.